The van der Waals surface area contributed by atoms with Gasteiger partial charge in [-0.15, -0.1) is 0 Å². The van der Waals surface area contributed by atoms with Crippen molar-refractivity contribution in [3.63, 3.8) is 0 Å². The van der Waals surface area contributed by atoms with Crippen LogP contribution in [0.3, 0.4) is 0 Å². The molecule has 0 aliphatic carbocycles. The molecule has 27 heavy (non-hydrogen) atoms. The summed E-state index contributed by atoms with van der Waals surface area (Å²) >= 11 is 0. The van der Waals surface area contributed by atoms with Crippen molar-refractivity contribution >= 4 is 0 Å². The zero-order valence-electron chi connectivity index (χ0n) is 15.1. The minimum absolute atomic E-state index is 0.0825. The summed E-state index contributed by atoms with van der Waals surface area (Å²) < 4.78 is 40.4. The largest absolute Gasteiger partial charge is 0.494 e. The van der Waals surface area contributed by atoms with E-state index in [1.165, 1.54) is 18.2 Å². The molecule has 1 heterocycles. The van der Waals surface area contributed by atoms with E-state index >= 15 is 4.39 Å². The molecular weight excluding hydrogens is 354 g/mol. The van der Waals surface area contributed by atoms with Crippen LogP contribution in [0.2, 0.25) is 0 Å². The summed E-state index contributed by atoms with van der Waals surface area (Å²) in [6, 6.07) is 10.6. The summed E-state index contributed by atoms with van der Waals surface area (Å²) in [5.74, 6) is -0.0162. The van der Waals surface area contributed by atoms with Crippen LogP contribution in [0.5, 0.6) is 5.75 Å². The molecule has 4 nitrogen and oxygen atoms in total. The van der Waals surface area contributed by atoms with Crippen LogP contribution in [0.15, 0.2) is 42.5 Å². The van der Waals surface area contributed by atoms with Crippen LogP contribution in [0.1, 0.15) is 48.7 Å². The van der Waals surface area contributed by atoms with Gasteiger partial charge in [0, 0.05) is 18.4 Å². The van der Waals surface area contributed by atoms with Gasteiger partial charge in [0.25, 0.3) is 0 Å². The minimum atomic E-state index is -1.64. The van der Waals surface area contributed by atoms with Crippen molar-refractivity contribution in [1.82, 2.24) is 0 Å². The first-order valence-corrected chi connectivity index (χ1v) is 9.12. The molecule has 1 saturated heterocycles. The van der Waals surface area contributed by atoms with Crippen LogP contribution in [-0.2, 0) is 4.74 Å². The van der Waals surface area contributed by atoms with Gasteiger partial charge >= 0.3 is 0 Å². The summed E-state index contributed by atoms with van der Waals surface area (Å²) in [7, 11) is 0. The molecular formula is C21H24F2O4. The molecule has 1 aliphatic heterocycles. The van der Waals surface area contributed by atoms with E-state index in [-0.39, 0.29) is 12.2 Å². The lowest BCUT2D eigenvalue weighted by Gasteiger charge is -2.32. The monoisotopic (exact) mass is 378 g/mol. The maximum Gasteiger partial charge on any atom is 0.153 e. The van der Waals surface area contributed by atoms with Gasteiger partial charge in [-0.25, -0.2) is 8.78 Å². The second kappa shape index (κ2) is 8.78. The molecule has 0 radical (unpaired) electrons. The Bertz CT molecular complexity index is 750. The molecule has 1 fully saturated rings. The maximum absolute atomic E-state index is 15.0. The van der Waals surface area contributed by atoms with E-state index in [0.29, 0.717) is 36.3 Å². The Balaban J connectivity index is 1.84. The number of hydrogen-bond donors (Lipinski definition) is 2. The van der Waals surface area contributed by atoms with E-state index in [1.807, 2.05) is 6.92 Å². The molecule has 2 N–H and O–H groups in total. The molecule has 6 heteroatoms. The Morgan fingerprint density at radius 1 is 1.19 bits per heavy atom. The van der Waals surface area contributed by atoms with Gasteiger partial charge in [0.05, 0.1) is 31.5 Å². The summed E-state index contributed by atoms with van der Waals surface area (Å²) in [5.41, 5.74) is 0.824. The third-order valence-electron chi connectivity index (χ3n) is 4.73. The van der Waals surface area contributed by atoms with Crippen molar-refractivity contribution in [2.24, 2.45) is 0 Å². The number of alkyl halides is 1. The molecule has 146 valence electrons. The van der Waals surface area contributed by atoms with Crippen molar-refractivity contribution in [2.75, 3.05) is 13.2 Å². The average molecular weight is 378 g/mol. The van der Waals surface area contributed by atoms with Crippen LogP contribution in [0.4, 0.5) is 8.78 Å². The highest BCUT2D eigenvalue weighted by atomic mass is 19.1. The van der Waals surface area contributed by atoms with Crippen LogP contribution in [-0.4, -0.2) is 35.6 Å². The molecule has 0 saturated carbocycles. The number of aliphatic hydroxyl groups is 2. The lowest BCUT2D eigenvalue weighted by molar-refractivity contribution is -0.113. The highest BCUT2D eigenvalue weighted by Gasteiger charge is 2.30. The van der Waals surface area contributed by atoms with Gasteiger partial charge in [-0.1, -0.05) is 18.2 Å². The fourth-order valence-corrected chi connectivity index (χ4v) is 3.36. The zero-order valence-corrected chi connectivity index (χ0v) is 15.1. The number of ether oxygens (including phenoxy) is 2. The van der Waals surface area contributed by atoms with Crippen molar-refractivity contribution in [3.8, 4) is 5.75 Å². The van der Waals surface area contributed by atoms with E-state index in [0.717, 1.165) is 0 Å². The van der Waals surface area contributed by atoms with Gasteiger partial charge in [0.15, 0.2) is 6.17 Å². The predicted octanol–water partition coefficient (Wildman–Crippen LogP) is 3.86. The fraction of sp³-hybridized carbons (Fsp3) is 0.429. The number of rotatable bonds is 6. The molecule has 0 bridgehead atoms. The van der Waals surface area contributed by atoms with Crippen molar-refractivity contribution in [2.45, 2.75) is 44.2 Å². The van der Waals surface area contributed by atoms with Crippen LogP contribution in [0.25, 0.3) is 0 Å². The van der Waals surface area contributed by atoms with Gasteiger partial charge in [-0.05, 0) is 42.3 Å². The number of hydrogen-bond acceptors (Lipinski definition) is 4. The first-order chi connectivity index (χ1) is 13.0. The topological polar surface area (TPSA) is 58.9 Å². The molecule has 2 aromatic carbocycles. The quantitative estimate of drug-likeness (QED) is 0.802. The predicted molar refractivity (Wildman–Crippen MR) is 96.9 cm³/mol. The van der Waals surface area contributed by atoms with Gasteiger partial charge in [0.2, 0.25) is 0 Å². The van der Waals surface area contributed by atoms with E-state index < -0.39 is 30.3 Å². The van der Waals surface area contributed by atoms with Crippen LogP contribution >= 0.6 is 0 Å². The van der Waals surface area contributed by atoms with Gasteiger partial charge < -0.3 is 19.7 Å². The van der Waals surface area contributed by atoms with Crippen LogP contribution < -0.4 is 4.74 Å². The Labute approximate surface area is 157 Å². The first-order valence-electron chi connectivity index (χ1n) is 9.12. The molecule has 2 aromatic rings. The van der Waals surface area contributed by atoms with E-state index in [9.17, 15) is 14.6 Å². The maximum atomic E-state index is 15.0. The Kier molecular flexibility index (Phi) is 6.42. The van der Waals surface area contributed by atoms with Gasteiger partial charge in [0.1, 0.15) is 11.6 Å². The highest BCUT2D eigenvalue weighted by Crippen LogP contribution is 2.35. The fourth-order valence-electron chi connectivity index (χ4n) is 3.36. The standard InChI is InChI=1S/C21H24F2O4/c1-2-26-16-6-3-13(4-7-16)21(23)18-9-14(5-8-19(18)22)20-11-15(25)10-17(12-24)27-20/h3-9,15,17,20-21,24-25H,2,10-12H2,1H3. The molecule has 0 amide bonds. The van der Waals surface area contributed by atoms with Crippen molar-refractivity contribution < 1.29 is 28.5 Å². The van der Waals surface area contributed by atoms with E-state index in [1.54, 1.807) is 24.3 Å². The Hall–Kier alpha value is -2.02. The lowest BCUT2D eigenvalue weighted by Crippen LogP contribution is -2.33. The summed E-state index contributed by atoms with van der Waals surface area (Å²) in [5, 5.41) is 19.3. The number of aliphatic hydroxyl groups excluding tert-OH is 2. The SMILES string of the molecule is CCOc1ccc(C(F)c2cc(C3CC(O)CC(CO)O3)ccc2F)cc1. The highest BCUT2D eigenvalue weighted by molar-refractivity contribution is 5.37. The molecule has 4 unspecified atom stereocenters. The summed E-state index contributed by atoms with van der Waals surface area (Å²) in [6.07, 6.45) is -2.60. The minimum Gasteiger partial charge on any atom is -0.494 e. The Morgan fingerprint density at radius 3 is 2.59 bits per heavy atom. The molecule has 3 rings (SSSR count). The van der Waals surface area contributed by atoms with Gasteiger partial charge in [-0.3, -0.25) is 0 Å². The average Bonchev–Trinajstić information content (AvgIpc) is 2.68. The first kappa shape index (κ1) is 19.7. The second-order valence-electron chi connectivity index (χ2n) is 6.70. The molecule has 0 aromatic heterocycles. The smallest absolute Gasteiger partial charge is 0.153 e. The van der Waals surface area contributed by atoms with Crippen LogP contribution in [0, 0.1) is 5.82 Å². The van der Waals surface area contributed by atoms with Gasteiger partial charge in [-0.2, -0.15) is 0 Å². The van der Waals surface area contributed by atoms with E-state index in [2.05, 4.69) is 0 Å². The third kappa shape index (κ3) is 4.64. The molecule has 4 atom stereocenters. The molecule has 0 spiro atoms. The number of benzene rings is 2. The third-order valence-corrected chi connectivity index (χ3v) is 4.73. The van der Waals surface area contributed by atoms with E-state index in [4.69, 9.17) is 9.47 Å². The lowest BCUT2D eigenvalue weighted by atomic mass is 9.93. The Morgan fingerprint density at radius 2 is 1.93 bits per heavy atom. The zero-order chi connectivity index (χ0) is 19.4. The second-order valence-corrected chi connectivity index (χ2v) is 6.70. The summed E-state index contributed by atoms with van der Waals surface area (Å²) in [4.78, 5) is 0. The normalized spacial score (nSPS) is 23.8. The number of halogens is 2. The summed E-state index contributed by atoms with van der Waals surface area (Å²) in [6.45, 7) is 2.16. The van der Waals surface area contributed by atoms with Crippen molar-refractivity contribution in [3.05, 3.63) is 65.0 Å². The molecule has 1 aliphatic rings. The van der Waals surface area contributed by atoms with Crippen molar-refractivity contribution in [1.29, 1.82) is 0 Å².